The molecule has 2 unspecified atom stereocenters. The average Bonchev–Trinajstić information content (AvgIpc) is 2.59. The highest BCUT2D eigenvalue weighted by Gasteiger charge is 2.38. The molecule has 138 valence electrons. The zero-order chi connectivity index (χ0) is 19.4. The van der Waals surface area contributed by atoms with Gasteiger partial charge in [0, 0.05) is 17.3 Å². The highest BCUT2D eigenvalue weighted by molar-refractivity contribution is 5.98. The molecular formula is C20H24N2O4. The summed E-state index contributed by atoms with van der Waals surface area (Å²) in [6.07, 6.45) is -0.263. The fourth-order valence-electron chi connectivity index (χ4n) is 3.15. The van der Waals surface area contributed by atoms with Crippen LogP contribution in [0, 0.1) is 17.2 Å². The van der Waals surface area contributed by atoms with Gasteiger partial charge in [-0.3, -0.25) is 4.99 Å². The van der Waals surface area contributed by atoms with E-state index in [9.17, 15) is 10.1 Å². The molecule has 0 aliphatic carbocycles. The van der Waals surface area contributed by atoms with Crippen LogP contribution in [0.15, 0.2) is 34.5 Å². The number of hydrogen-bond donors (Lipinski definition) is 0. The van der Waals surface area contributed by atoms with Gasteiger partial charge in [0.15, 0.2) is 11.5 Å². The minimum Gasteiger partial charge on any atom is -0.493 e. The summed E-state index contributed by atoms with van der Waals surface area (Å²) in [4.78, 5) is 17.1. The van der Waals surface area contributed by atoms with Crippen LogP contribution < -0.4 is 9.47 Å². The SMILES string of the molecule is COc1ccc(C2C(C(=O)OC(C)C)=C(C)N=C(C)C2C#N)cc1OC. The van der Waals surface area contributed by atoms with Crippen molar-refractivity contribution in [2.45, 2.75) is 39.7 Å². The number of hydrogen-bond acceptors (Lipinski definition) is 6. The van der Waals surface area contributed by atoms with Gasteiger partial charge >= 0.3 is 5.97 Å². The fraction of sp³-hybridized carbons (Fsp3) is 0.450. The number of nitrogens with zero attached hydrogens (tertiary/aromatic N) is 2. The molecule has 0 amide bonds. The van der Waals surface area contributed by atoms with Gasteiger partial charge in [-0.1, -0.05) is 6.07 Å². The standard InChI is InChI=1S/C20H24N2O4/c1-11(2)26-20(23)18-13(4)22-12(3)15(10-21)19(18)14-7-8-16(24-5)17(9-14)25-6/h7-9,11,15,19H,1-6H3. The van der Waals surface area contributed by atoms with E-state index >= 15 is 0 Å². The first-order chi connectivity index (χ1) is 12.3. The Kier molecular flexibility index (Phi) is 6.04. The Morgan fingerprint density at radius 1 is 1.19 bits per heavy atom. The molecule has 0 radical (unpaired) electrons. The van der Waals surface area contributed by atoms with E-state index in [1.807, 2.05) is 6.07 Å². The number of benzene rings is 1. The monoisotopic (exact) mass is 356 g/mol. The quantitative estimate of drug-likeness (QED) is 0.753. The summed E-state index contributed by atoms with van der Waals surface area (Å²) in [7, 11) is 3.11. The summed E-state index contributed by atoms with van der Waals surface area (Å²) in [5.41, 5.74) is 2.42. The van der Waals surface area contributed by atoms with E-state index in [1.54, 1.807) is 54.0 Å². The van der Waals surface area contributed by atoms with Crippen molar-refractivity contribution in [2.75, 3.05) is 14.2 Å². The highest BCUT2D eigenvalue weighted by atomic mass is 16.5. The van der Waals surface area contributed by atoms with E-state index in [2.05, 4.69) is 11.1 Å². The molecule has 1 aromatic carbocycles. The normalized spacial score (nSPS) is 19.7. The highest BCUT2D eigenvalue weighted by Crippen LogP contribution is 2.41. The predicted molar refractivity (Wildman–Crippen MR) is 98.4 cm³/mol. The molecule has 0 spiro atoms. The van der Waals surface area contributed by atoms with Crippen molar-refractivity contribution < 1.29 is 19.0 Å². The van der Waals surface area contributed by atoms with Crippen molar-refractivity contribution in [3.8, 4) is 17.6 Å². The fourth-order valence-corrected chi connectivity index (χ4v) is 3.15. The van der Waals surface area contributed by atoms with Gasteiger partial charge in [-0.25, -0.2) is 4.79 Å². The first kappa shape index (κ1) is 19.5. The minimum atomic E-state index is -0.563. The lowest BCUT2D eigenvalue weighted by Gasteiger charge is -2.29. The summed E-state index contributed by atoms with van der Waals surface area (Å²) in [6, 6.07) is 7.68. The maximum absolute atomic E-state index is 12.7. The van der Waals surface area contributed by atoms with E-state index in [4.69, 9.17) is 14.2 Å². The Morgan fingerprint density at radius 2 is 1.85 bits per heavy atom. The van der Waals surface area contributed by atoms with Crippen LogP contribution >= 0.6 is 0 Å². The second kappa shape index (κ2) is 8.05. The number of esters is 1. The molecule has 0 fully saturated rings. The summed E-state index contributed by atoms with van der Waals surface area (Å²) in [5.74, 6) is -0.377. The number of allylic oxidation sites excluding steroid dienone is 1. The number of methoxy groups -OCH3 is 2. The third-order valence-corrected chi connectivity index (χ3v) is 4.30. The second-order valence-corrected chi connectivity index (χ2v) is 6.41. The summed E-state index contributed by atoms with van der Waals surface area (Å²) >= 11 is 0. The lowest BCUT2D eigenvalue weighted by atomic mass is 9.76. The molecule has 26 heavy (non-hydrogen) atoms. The Bertz CT molecular complexity index is 803. The predicted octanol–water partition coefficient (Wildman–Crippen LogP) is 3.63. The molecule has 1 aliphatic rings. The van der Waals surface area contributed by atoms with Gasteiger partial charge in [-0.15, -0.1) is 0 Å². The van der Waals surface area contributed by atoms with E-state index in [0.717, 1.165) is 5.56 Å². The van der Waals surface area contributed by atoms with Crippen molar-refractivity contribution in [1.82, 2.24) is 0 Å². The Hall–Kier alpha value is -2.81. The van der Waals surface area contributed by atoms with E-state index in [0.29, 0.717) is 28.5 Å². The molecule has 1 heterocycles. The van der Waals surface area contributed by atoms with Gasteiger partial charge < -0.3 is 14.2 Å². The zero-order valence-electron chi connectivity index (χ0n) is 16.0. The molecule has 6 nitrogen and oxygen atoms in total. The molecule has 1 aromatic rings. The van der Waals surface area contributed by atoms with Crippen LogP contribution in [0.25, 0.3) is 0 Å². The van der Waals surface area contributed by atoms with Crippen molar-refractivity contribution in [1.29, 1.82) is 5.26 Å². The second-order valence-electron chi connectivity index (χ2n) is 6.41. The van der Waals surface area contributed by atoms with Crippen LogP contribution in [0.5, 0.6) is 11.5 Å². The maximum atomic E-state index is 12.7. The van der Waals surface area contributed by atoms with Crippen molar-refractivity contribution in [2.24, 2.45) is 10.9 Å². The first-order valence-corrected chi connectivity index (χ1v) is 8.42. The van der Waals surface area contributed by atoms with Crippen LogP contribution in [0.1, 0.15) is 39.2 Å². The molecule has 0 saturated carbocycles. The first-order valence-electron chi connectivity index (χ1n) is 8.42. The summed E-state index contributed by atoms with van der Waals surface area (Å²) in [6.45, 7) is 7.15. The number of rotatable bonds is 5. The summed E-state index contributed by atoms with van der Waals surface area (Å²) in [5, 5.41) is 9.73. The van der Waals surface area contributed by atoms with Crippen LogP contribution in [-0.2, 0) is 9.53 Å². The number of carbonyl (C=O) groups excluding carboxylic acids is 1. The zero-order valence-corrected chi connectivity index (χ0v) is 16.0. The van der Waals surface area contributed by atoms with Crippen LogP contribution in [0.2, 0.25) is 0 Å². The average molecular weight is 356 g/mol. The van der Waals surface area contributed by atoms with Gasteiger partial charge in [0.05, 0.1) is 37.9 Å². The molecular weight excluding hydrogens is 332 g/mol. The largest absolute Gasteiger partial charge is 0.493 e. The van der Waals surface area contributed by atoms with Gasteiger partial charge in [-0.05, 0) is 45.4 Å². The van der Waals surface area contributed by atoms with Crippen molar-refractivity contribution in [3.63, 3.8) is 0 Å². The lowest BCUT2D eigenvalue weighted by molar-refractivity contribution is -0.143. The Morgan fingerprint density at radius 3 is 2.38 bits per heavy atom. The number of aliphatic imine (C=N–C) groups is 1. The Balaban J connectivity index is 2.62. The topological polar surface area (TPSA) is 80.9 Å². The third kappa shape index (κ3) is 3.72. The molecule has 0 saturated heterocycles. The van der Waals surface area contributed by atoms with Gasteiger partial charge in [-0.2, -0.15) is 5.26 Å². The molecule has 2 atom stereocenters. The summed E-state index contributed by atoms with van der Waals surface area (Å²) < 4.78 is 16.1. The molecule has 1 aliphatic heterocycles. The van der Waals surface area contributed by atoms with Gasteiger partial charge in [0.2, 0.25) is 0 Å². The third-order valence-electron chi connectivity index (χ3n) is 4.30. The number of ether oxygens (including phenoxy) is 3. The molecule has 2 rings (SSSR count). The van der Waals surface area contributed by atoms with E-state index in [1.165, 1.54) is 0 Å². The molecule has 0 N–H and O–H groups in total. The van der Waals surface area contributed by atoms with Crippen molar-refractivity contribution >= 4 is 11.7 Å². The van der Waals surface area contributed by atoms with E-state index < -0.39 is 17.8 Å². The van der Waals surface area contributed by atoms with Crippen LogP contribution in [0.3, 0.4) is 0 Å². The maximum Gasteiger partial charge on any atom is 0.336 e. The smallest absolute Gasteiger partial charge is 0.336 e. The lowest BCUT2D eigenvalue weighted by Crippen LogP contribution is -2.30. The molecule has 0 aromatic heterocycles. The molecule has 6 heteroatoms. The van der Waals surface area contributed by atoms with Crippen LogP contribution in [0.4, 0.5) is 0 Å². The Labute approximate surface area is 154 Å². The van der Waals surface area contributed by atoms with Gasteiger partial charge in [0.25, 0.3) is 0 Å². The van der Waals surface area contributed by atoms with E-state index in [-0.39, 0.29) is 6.10 Å². The minimum absolute atomic E-state index is 0.263. The number of nitriles is 1. The van der Waals surface area contributed by atoms with Gasteiger partial charge in [0.1, 0.15) is 0 Å². The molecule has 0 bridgehead atoms. The van der Waals surface area contributed by atoms with Crippen LogP contribution in [-0.4, -0.2) is 32.0 Å². The van der Waals surface area contributed by atoms with Crippen molar-refractivity contribution in [3.05, 3.63) is 35.0 Å². The number of carbonyl (C=O) groups is 1.